The molecular weight excluding hydrogens is 574 g/mol. The van der Waals surface area contributed by atoms with Gasteiger partial charge in [0.1, 0.15) is 6.04 Å². The van der Waals surface area contributed by atoms with E-state index in [9.17, 15) is 19.5 Å². The number of nitrogens with two attached hydrogens (primary N) is 1. The van der Waals surface area contributed by atoms with E-state index >= 15 is 0 Å². The van der Waals surface area contributed by atoms with Gasteiger partial charge in [-0.15, -0.1) is 11.8 Å². The monoisotopic (exact) mass is 617 g/mol. The third-order valence-electron chi connectivity index (χ3n) is 7.73. The summed E-state index contributed by atoms with van der Waals surface area (Å²) in [7, 11) is 0. The molecule has 0 fully saturated rings. The standard InChI is InChI=1S/C34H43N5O4S/c1-22(40)19-37-34(2,3)18-31(41)38-29-15-13-25-17-27(44-4)14-16-30(25)39(32(29)42)21-23-9-11-24(12-10-23)28-8-6-5-7-26(28)20-36-33(35)43/h5-12,14,16-17,22,29,37,40H,13,15,18-21H2,1-4H3,(H,38,41)(H3,35,36,43)/t22-,29-/m1/s1. The highest BCUT2D eigenvalue weighted by Crippen LogP contribution is 2.32. The second kappa shape index (κ2) is 14.7. The van der Waals surface area contributed by atoms with E-state index in [1.807, 2.05) is 80.8 Å². The summed E-state index contributed by atoms with van der Waals surface area (Å²) in [5.74, 6) is -0.355. The fraction of sp³-hybridized carbons (Fsp3) is 0.382. The van der Waals surface area contributed by atoms with Crippen molar-refractivity contribution in [1.29, 1.82) is 0 Å². The molecule has 0 unspecified atom stereocenters. The summed E-state index contributed by atoms with van der Waals surface area (Å²) < 4.78 is 0. The van der Waals surface area contributed by atoms with E-state index in [2.05, 4.69) is 22.0 Å². The Bertz CT molecular complexity index is 1470. The van der Waals surface area contributed by atoms with Crippen molar-refractivity contribution in [3.05, 3.63) is 83.4 Å². The van der Waals surface area contributed by atoms with Gasteiger partial charge in [0.2, 0.25) is 11.8 Å². The highest BCUT2D eigenvalue weighted by Gasteiger charge is 2.33. The van der Waals surface area contributed by atoms with E-state index in [0.717, 1.165) is 38.4 Å². The minimum atomic E-state index is -0.663. The molecule has 1 aliphatic rings. The predicted molar refractivity (Wildman–Crippen MR) is 176 cm³/mol. The number of primary amides is 1. The van der Waals surface area contributed by atoms with Gasteiger partial charge in [-0.2, -0.15) is 0 Å². The van der Waals surface area contributed by atoms with Gasteiger partial charge in [0.05, 0.1) is 12.6 Å². The molecule has 9 nitrogen and oxygen atoms in total. The molecule has 4 amide bonds. The Kier molecular flexibility index (Phi) is 11.1. The predicted octanol–water partition coefficient (Wildman–Crippen LogP) is 4.35. The Balaban J connectivity index is 1.56. The molecule has 0 saturated heterocycles. The Morgan fingerprint density at radius 1 is 1.11 bits per heavy atom. The SMILES string of the molecule is CSc1ccc2c(c1)CC[C@@H](NC(=O)CC(C)(C)NC[C@@H](C)O)C(=O)N2Cc1ccc(-c2ccccc2CNC(N)=O)cc1. The van der Waals surface area contributed by atoms with Crippen LogP contribution in [-0.2, 0) is 29.1 Å². The number of nitrogens with zero attached hydrogens (tertiary/aromatic N) is 1. The number of anilines is 1. The van der Waals surface area contributed by atoms with Gasteiger partial charge < -0.3 is 31.7 Å². The number of amides is 4. The molecule has 0 saturated carbocycles. The summed E-state index contributed by atoms with van der Waals surface area (Å²) in [6.07, 6.45) is 2.84. The minimum Gasteiger partial charge on any atom is -0.392 e. The van der Waals surface area contributed by atoms with Crippen LogP contribution in [0.4, 0.5) is 10.5 Å². The van der Waals surface area contributed by atoms with Gasteiger partial charge in [-0.25, -0.2) is 4.79 Å². The smallest absolute Gasteiger partial charge is 0.312 e. The fourth-order valence-corrected chi connectivity index (χ4v) is 5.89. The maximum atomic E-state index is 14.1. The molecule has 0 aromatic heterocycles. The number of hydrogen-bond acceptors (Lipinski definition) is 6. The molecule has 234 valence electrons. The van der Waals surface area contributed by atoms with Crippen molar-refractivity contribution >= 4 is 35.3 Å². The molecule has 2 atom stereocenters. The van der Waals surface area contributed by atoms with Crippen molar-refractivity contribution < 1.29 is 19.5 Å². The number of carbonyl (C=O) groups excluding carboxylic acids is 3. The summed E-state index contributed by atoms with van der Waals surface area (Å²) in [5.41, 5.74) is 10.5. The molecule has 3 aromatic carbocycles. The molecule has 10 heteroatoms. The number of urea groups is 1. The molecule has 1 aliphatic heterocycles. The lowest BCUT2D eigenvalue weighted by atomic mass is 9.98. The van der Waals surface area contributed by atoms with Crippen LogP contribution < -0.4 is 26.6 Å². The van der Waals surface area contributed by atoms with Crippen LogP contribution in [0.15, 0.2) is 71.6 Å². The second-order valence-electron chi connectivity index (χ2n) is 11.9. The third kappa shape index (κ3) is 8.84. The van der Waals surface area contributed by atoms with Crippen molar-refractivity contribution in [1.82, 2.24) is 16.0 Å². The molecule has 6 N–H and O–H groups in total. The highest BCUT2D eigenvalue weighted by molar-refractivity contribution is 7.98. The largest absolute Gasteiger partial charge is 0.392 e. The summed E-state index contributed by atoms with van der Waals surface area (Å²) in [6.45, 7) is 6.56. The molecule has 0 spiro atoms. The summed E-state index contributed by atoms with van der Waals surface area (Å²) >= 11 is 1.66. The first-order chi connectivity index (χ1) is 21.0. The zero-order chi connectivity index (χ0) is 31.9. The normalized spacial score (nSPS) is 15.7. The van der Waals surface area contributed by atoms with E-state index in [4.69, 9.17) is 5.73 Å². The summed E-state index contributed by atoms with van der Waals surface area (Å²) in [6, 6.07) is 20.8. The van der Waals surface area contributed by atoms with Gasteiger partial charge in [0.15, 0.2) is 0 Å². The van der Waals surface area contributed by atoms with Crippen LogP contribution >= 0.6 is 11.8 Å². The summed E-state index contributed by atoms with van der Waals surface area (Å²) in [4.78, 5) is 41.4. The zero-order valence-electron chi connectivity index (χ0n) is 25.9. The molecule has 1 heterocycles. The van der Waals surface area contributed by atoms with Crippen molar-refractivity contribution in [2.75, 3.05) is 17.7 Å². The zero-order valence-corrected chi connectivity index (χ0v) is 26.7. The number of benzene rings is 3. The van der Waals surface area contributed by atoms with Crippen molar-refractivity contribution in [2.45, 2.75) is 75.7 Å². The van der Waals surface area contributed by atoms with Crippen LogP contribution in [0.25, 0.3) is 11.1 Å². The lowest BCUT2D eigenvalue weighted by molar-refractivity contribution is -0.128. The van der Waals surface area contributed by atoms with Gasteiger partial charge in [0, 0.05) is 35.6 Å². The molecular formula is C34H43N5O4S. The van der Waals surface area contributed by atoms with Crippen molar-refractivity contribution in [2.24, 2.45) is 5.73 Å². The van der Waals surface area contributed by atoms with Gasteiger partial charge >= 0.3 is 6.03 Å². The molecule has 0 radical (unpaired) electrons. The first-order valence-corrected chi connectivity index (χ1v) is 16.1. The topological polar surface area (TPSA) is 137 Å². The maximum absolute atomic E-state index is 14.1. The Morgan fingerprint density at radius 3 is 2.52 bits per heavy atom. The highest BCUT2D eigenvalue weighted by atomic mass is 32.2. The number of aliphatic hydroxyl groups excluding tert-OH is 1. The average molecular weight is 618 g/mol. The van der Waals surface area contributed by atoms with Crippen LogP contribution in [0.3, 0.4) is 0 Å². The van der Waals surface area contributed by atoms with Crippen molar-refractivity contribution in [3.8, 4) is 11.1 Å². The Morgan fingerprint density at radius 2 is 1.84 bits per heavy atom. The number of rotatable bonds is 12. The average Bonchev–Trinajstić information content (AvgIpc) is 3.11. The van der Waals surface area contributed by atoms with Crippen LogP contribution in [0.5, 0.6) is 0 Å². The van der Waals surface area contributed by atoms with Gasteiger partial charge in [0.25, 0.3) is 0 Å². The number of aliphatic hydroxyl groups is 1. The fourth-order valence-electron chi connectivity index (χ4n) is 5.42. The number of nitrogens with one attached hydrogen (secondary N) is 3. The quantitative estimate of drug-likeness (QED) is 0.192. The number of β-amino-alcohol motifs (C(OH)–C–C–N with tert-alkyl or cyclic N) is 1. The number of thioether (sulfide) groups is 1. The lowest BCUT2D eigenvalue weighted by Gasteiger charge is -2.29. The molecule has 44 heavy (non-hydrogen) atoms. The second-order valence-corrected chi connectivity index (χ2v) is 12.8. The molecule has 0 bridgehead atoms. The number of carbonyl (C=O) groups is 3. The van der Waals surface area contributed by atoms with Crippen molar-refractivity contribution in [3.63, 3.8) is 0 Å². The minimum absolute atomic E-state index is 0.143. The van der Waals surface area contributed by atoms with Gasteiger partial charge in [-0.3, -0.25) is 9.59 Å². The van der Waals surface area contributed by atoms with E-state index in [1.165, 1.54) is 0 Å². The third-order valence-corrected chi connectivity index (χ3v) is 8.46. The maximum Gasteiger partial charge on any atom is 0.312 e. The molecule has 3 aromatic rings. The van der Waals surface area contributed by atoms with E-state index < -0.39 is 23.7 Å². The van der Waals surface area contributed by atoms with Crippen LogP contribution in [0.2, 0.25) is 0 Å². The van der Waals surface area contributed by atoms with Gasteiger partial charge in [-0.1, -0.05) is 48.5 Å². The summed E-state index contributed by atoms with van der Waals surface area (Å²) in [5, 5.41) is 18.5. The van der Waals surface area contributed by atoms with Gasteiger partial charge in [-0.05, 0) is 85.9 Å². The van der Waals surface area contributed by atoms with E-state index in [0.29, 0.717) is 32.5 Å². The van der Waals surface area contributed by atoms with Crippen LogP contribution in [-0.4, -0.2) is 53.4 Å². The Labute approximate surface area is 264 Å². The lowest BCUT2D eigenvalue weighted by Crippen LogP contribution is -2.51. The number of aryl methyl sites for hydroxylation is 1. The Hall–Kier alpha value is -3.86. The first kappa shape index (κ1) is 33.0. The number of hydrogen-bond donors (Lipinski definition) is 5. The van der Waals surface area contributed by atoms with E-state index in [-0.39, 0.29) is 18.2 Å². The van der Waals surface area contributed by atoms with Crippen LogP contribution in [0.1, 0.15) is 50.3 Å². The van der Waals surface area contributed by atoms with E-state index in [1.54, 1.807) is 23.6 Å². The molecule has 0 aliphatic carbocycles. The molecule has 4 rings (SSSR count). The number of fused-ring (bicyclic) bond motifs is 1. The van der Waals surface area contributed by atoms with Crippen LogP contribution in [0, 0.1) is 0 Å². The first-order valence-electron chi connectivity index (χ1n) is 14.9.